The van der Waals surface area contributed by atoms with Gasteiger partial charge in [-0.2, -0.15) is 4.98 Å². The van der Waals surface area contributed by atoms with Crippen LogP contribution in [0.25, 0.3) is 11.4 Å². The molecule has 5 nitrogen and oxygen atoms in total. The number of likely N-dealkylation sites (tertiary alicyclic amines) is 1. The van der Waals surface area contributed by atoms with Gasteiger partial charge in [0.15, 0.2) is 0 Å². The zero-order valence-corrected chi connectivity index (χ0v) is 15.7. The first-order valence-electron chi connectivity index (χ1n) is 9.59. The van der Waals surface area contributed by atoms with Crippen molar-refractivity contribution in [2.45, 2.75) is 38.3 Å². The molecule has 0 radical (unpaired) electrons. The van der Waals surface area contributed by atoms with E-state index in [1.807, 2.05) is 42.5 Å². The number of hydrogen-bond acceptors (Lipinski definition) is 5. The number of nitrogens with zero attached hydrogens (tertiary/aromatic N) is 3. The Morgan fingerprint density at radius 3 is 2.63 bits per heavy atom. The standard InChI is InChI=1S/C22H25N3O2/c1-26-19-13-11-17(12-14-19)20-10-6-3-7-15-25(20)16-21-23-22(24-27-21)18-8-4-2-5-9-18/h2,4-5,8-9,11-14,20H,3,6-7,10,15-16H2,1H3/t20-/m1/s1. The Balaban J connectivity index is 1.53. The fourth-order valence-electron chi connectivity index (χ4n) is 3.76. The van der Waals surface area contributed by atoms with Crippen LogP contribution in [-0.4, -0.2) is 28.7 Å². The summed E-state index contributed by atoms with van der Waals surface area (Å²) in [4.78, 5) is 7.09. The first-order chi connectivity index (χ1) is 13.3. The number of ether oxygens (including phenoxy) is 1. The molecule has 3 aromatic rings. The maximum atomic E-state index is 5.56. The van der Waals surface area contributed by atoms with E-state index in [2.05, 4.69) is 27.2 Å². The number of aromatic nitrogens is 2. The monoisotopic (exact) mass is 363 g/mol. The van der Waals surface area contributed by atoms with E-state index in [9.17, 15) is 0 Å². The molecule has 1 aliphatic rings. The topological polar surface area (TPSA) is 51.4 Å². The third kappa shape index (κ3) is 4.19. The minimum absolute atomic E-state index is 0.366. The maximum absolute atomic E-state index is 5.56. The number of hydrogen-bond donors (Lipinski definition) is 0. The predicted molar refractivity (Wildman–Crippen MR) is 104 cm³/mol. The number of rotatable bonds is 5. The molecule has 140 valence electrons. The summed E-state index contributed by atoms with van der Waals surface area (Å²) in [5.74, 6) is 2.22. The molecule has 2 heterocycles. The van der Waals surface area contributed by atoms with Crippen molar-refractivity contribution >= 4 is 0 Å². The van der Waals surface area contributed by atoms with Crippen LogP contribution in [0.5, 0.6) is 5.75 Å². The second-order valence-corrected chi connectivity index (χ2v) is 6.99. The lowest BCUT2D eigenvalue weighted by Crippen LogP contribution is -2.28. The minimum atomic E-state index is 0.366. The first kappa shape index (κ1) is 17.7. The van der Waals surface area contributed by atoms with Gasteiger partial charge in [-0.3, -0.25) is 4.90 Å². The lowest BCUT2D eigenvalue weighted by molar-refractivity contribution is 0.168. The highest BCUT2D eigenvalue weighted by Gasteiger charge is 2.24. The van der Waals surface area contributed by atoms with Gasteiger partial charge in [0.25, 0.3) is 0 Å². The van der Waals surface area contributed by atoms with Crippen LogP contribution in [0.1, 0.15) is 43.2 Å². The summed E-state index contributed by atoms with van der Waals surface area (Å²) in [6.45, 7) is 1.72. The summed E-state index contributed by atoms with van der Waals surface area (Å²) >= 11 is 0. The normalized spacial score (nSPS) is 18.2. The highest BCUT2D eigenvalue weighted by atomic mass is 16.5. The van der Waals surface area contributed by atoms with Crippen molar-refractivity contribution in [3.63, 3.8) is 0 Å². The van der Waals surface area contributed by atoms with E-state index in [0.717, 1.165) is 24.3 Å². The van der Waals surface area contributed by atoms with E-state index in [1.54, 1.807) is 7.11 Å². The highest BCUT2D eigenvalue weighted by Crippen LogP contribution is 2.32. The average Bonchev–Trinajstić information content (AvgIpc) is 3.07. The molecule has 0 spiro atoms. The maximum Gasteiger partial charge on any atom is 0.241 e. The SMILES string of the molecule is COc1ccc([C@H]2CCCCCN2Cc2nc(-c3ccccc3)no2)cc1. The summed E-state index contributed by atoms with van der Waals surface area (Å²) in [6.07, 6.45) is 4.85. The molecule has 1 saturated heterocycles. The molecule has 0 saturated carbocycles. The summed E-state index contributed by atoms with van der Waals surface area (Å²) in [5.41, 5.74) is 2.30. The summed E-state index contributed by atoms with van der Waals surface area (Å²) in [6, 6.07) is 18.8. The second-order valence-electron chi connectivity index (χ2n) is 6.99. The Bertz CT molecular complexity index is 846. The number of methoxy groups -OCH3 is 1. The van der Waals surface area contributed by atoms with Gasteiger partial charge in [0.05, 0.1) is 13.7 Å². The fraction of sp³-hybridized carbons (Fsp3) is 0.364. The molecule has 2 aromatic carbocycles. The Hall–Kier alpha value is -2.66. The first-order valence-corrected chi connectivity index (χ1v) is 9.59. The van der Waals surface area contributed by atoms with Gasteiger partial charge in [0, 0.05) is 11.6 Å². The van der Waals surface area contributed by atoms with Gasteiger partial charge in [-0.05, 0) is 37.1 Å². The Morgan fingerprint density at radius 2 is 1.85 bits per heavy atom. The van der Waals surface area contributed by atoms with E-state index >= 15 is 0 Å². The van der Waals surface area contributed by atoms with Crippen LogP contribution in [-0.2, 0) is 6.54 Å². The zero-order chi connectivity index (χ0) is 18.5. The van der Waals surface area contributed by atoms with Gasteiger partial charge < -0.3 is 9.26 Å². The summed E-state index contributed by atoms with van der Waals surface area (Å²) < 4.78 is 10.9. The van der Waals surface area contributed by atoms with Gasteiger partial charge in [-0.1, -0.05) is 60.5 Å². The summed E-state index contributed by atoms with van der Waals surface area (Å²) in [7, 11) is 1.70. The highest BCUT2D eigenvalue weighted by molar-refractivity contribution is 5.53. The van der Waals surface area contributed by atoms with Gasteiger partial charge in [-0.15, -0.1) is 0 Å². The van der Waals surface area contributed by atoms with E-state index in [-0.39, 0.29) is 0 Å². The Labute approximate surface area is 160 Å². The van der Waals surface area contributed by atoms with E-state index in [4.69, 9.17) is 9.26 Å². The number of benzene rings is 2. The average molecular weight is 363 g/mol. The third-order valence-electron chi connectivity index (χ3n) is 5.20. The molecule has 1 aromatic heterocycles. The van der Waals surface area contributed by atoms with Gasteiger partial charge in [-0.25, -0.2) is 0 Å². The van der Waals surface area contributed by atoms with Crippen LogP contribution < -0.4 is 4.74 Å². The van der Waals surface area contributed by atoms with Gasteiger partial charge >= 0.3 is 0 Å². The molecule has 0 aliphatic carbocycles. The smallest absolute Gasteiger partial charge is 0.241 e. The quantitative estimate of drug-likeness (QED) is 0.648. The predicted octanol–water partition coefficient (Wildman–Crippen LogP) is 4.86. The molecule has 4 rings (SSSR count). The molecular formula is C22H25N3O2. The Morgan fingerprint density at radius 1 is 1.04 bits per heavy atom. The molecule has 0 bridgehead atoms. The van der Waals surface area contributed by atoms with Crippen molar-refractivity contribution < 1.29 is 9.26 Å². The third-order valence-corrected chi connectivity index (χ3v) is 5.20. The molecule has 27 heavy (non-hydrogen) atoms. The fourth-order valence-corrected chi connectivity index (χ4v) is 3.76. The van der Waals surface area contributed by atoms with E-state index < -0.39 is 0 Å². The second kappa shape index (κ2) is 8.35. The van der Waals surface area contributed by atoms with Crippen molar-refractivity contribution in [1.29, 1.82) is 0 Å². The van der Waals surface area contributed by atoms with Crippen LogP contribution in [0, 0.1) is 0 Å². The molecule has 1 aliphatic heterocycles. The van der Waals surface area contributed by atoms with Gasteiger partial charge in [0.2, 0.25) is 11.7 Å². The van der Waals surface area contributed by atoms with Crippen molar-refractivity contribution in [2.24, 2.45) is 0 Å². The van der Waals surface area contributed by atoms with Crippen LogP contribution in [0.4, 0.5) is 0 Å². The van der Waals surface area contributed by atoms with Gasteiger partial charge in [0.1, 0.15) is 5.75 Å². The van der Waals surface area contributed by atoms with E-state index in [1.165, 1.54) is 24.8 Å². The van der Waals surface area contributed by atoms with Crippen LogP contribution >= 0.6 is 0 Å². The molecule has 0 N–H and O–H groups in total. The molecule has 1 atom stereocenters. The van der Waals surface area contributed by atoms with Crippen molar-refractivity contribution in [3.05, 3.63) is 66.1 Å². The van der Waals surface area contributed by atoms with Crippen molar-refractivity contribution in [2.75, 3.05) is 13.7 Å². The largest absolute Gasteiger partial charge is 0.497 e. The van der Waals surface area contributed by atoms with Crippen LogP contribution in [0.15, 0.2) is 59.1 Å². The van der Waals surface area contributed by atoms with Crippen LogP contribution in [0.2, 0.25) is 0 Å². The van der Waals surface area contributed by atoms with E-state index in [0.29, 0.717) is 24.3 Å². The van der Waals surface area contributed by atoms with Crippen LogP contribution in [0.3, 0.4) is 0 Å². The molecule has 0 unspecified atom stereocenters. The molecule has 1 fully saturated rings. The minimum Gasteiger partial charge on any atom is -0.497 e. The Kier molecular flexibility index (Phi) is 5.49. The van der Waals surface area contributed by atoms with Crippen molar-refractivity contribution in [3.8, 4) is 17.1 Å². The molecule has 5 heteroatoms. The molecule has 0 amide bonds. The summed E-state index contributed by atoms with van der Waals surface area (Å²) in [5, 5.41) is 4.17. The lowest BCUT2D eigenvalue weighted by Gasteiger charge is -2.29. The zero-order valence-electron chi connectivity index (χ0n) is 15.7. The lowest BCUT2D eigenvalue weighted by atomic mass is 10.0. The molecular weight excluding hydrogens is 338 g/mol. The van der Waals surface area contributed by atoms with Crippen molar-refractivity contribution in [1.82, 2.24) is 15.0 Å².